The second-order valence-electron chi connectivity index (χ2n) is 4.45. The number of carboxylic acids is 1. The molecule has 92 valence electrons. The van der Waals surface area contributed by atoms with Crippen molar-refractivity contribution in [3.05, 3.63) is 35.4 Å². The second kappa shape index (κ2) is 4.84. The highest BCUT2D eigenvalue weighted by atomic mass is 19.1. The Kier molecular flexibility index (Phi) is 3.43. The van der Waals surface area contributed by atoms with Gasteiger partial charge in [0.05, 0.1) is 5.56 Å². The minimum Gasteiger partial charge on any atom is -0.478 e. The van der Waals surface area contributed by atoms with Crippen LogP contribution in [0, 0.1) is 0 Å². The minimum atomic E-state index is -1.25. The number of ether oxygens (including phenoxy) is 1. The molecule has 0 amide bonds. The molecule has 0 aliphatic carbocycles. The standard InChI is InChI=1S/C13H15FO3/c14-13(4-6-17-7-5-13)9-10-2-1-3-11(8-10)12(15)16/h1-3,8H,4-7,9H2,(H,15,16). The quantitative estimate of drug-likeness (QED) is 0.879. The number of alkyl halides is 1. The van der Waals surface area contributed by atoms with Gasteiger partial charge in [-0.1, -0.05) is 12.1 Å². The number of aromatic carboxylic acids is 1. The van der Waals surface area contributed by atoms with Gasteiger partial charge in [0.2, 0.25) is 0 Å². The zero-order valence-corrected chi connectivity index (χ0v) is 9.49. The van der Waals surface area contributed by atoms with Crippen molar-refractivity contribution in [3.63, 3.8) is 0 Å². The van der Waals surface area contributed by atoms with Crippen molar-refractivity contribution in [2.75, 3.05) is 13.2 Å². The van der Waals surface area contributed by atoms with E-state index < -0.39 is 11.6 Å². The predicted octanol–water partition coefficient (Wildman–Crippen LogP) is 2.45. The van der Waals surface area contributed by atoms with Crippen LogP contribution in [0.5, 0.6) is 0 Å². The summed E-state index contributed by atoms with van der Waals surface area (Å²) >= 11 is 0. The fraction of sp³-hybridized carbons (Fsp3) is 0.462. The molecule has 4 heteroatoms. The highest BCUT2D eigenvalue weighted by molar-refractivity contribution is 5.87. The first kappa shape index (κ1) is 12.0. The lowest BCUT2D eigenvalue weighted by Crippen LogP contribution is -2.33. The van der Waals surface area contributed by atoms with Gasteiger partial charge in [-0.2, -0.15) is 0 Å². The van der Waals surface area contributed by atoms with Gasteiger partial charge in [0.15, 0.2) is 0 Å². The number of rotatable bonds is 3. The number of carboxylic acid groups (broad SMARTS) is 1. The van der Waals surface area contributed by atoms with Gasteiger partial charge in [0, 0.05) is 32.5 Å². The Labute approximate surface area is 99.2 Å². The molecule has 0 spiro atoms. The minimum absolute atomic E-state index is 0.207. The second-order valence-corrected chi connectivity index (χ2v) is 4.45. The molecule has 0 radical (unpaired) electrons. The Hall–Kier alpha value is -1.42. The summed E-state index contributed by atoms with van der Waals surface area (Å²) in [5.41, 5.74) is -0.317. The molecule has 1 saturated heterocycles. The van der Waals surface area contributed by atoms with Crippen molar-refractivity contribution >= 4 is 5.97 Å². The van der Waals surface area contributed by atoms with Crippen molar-refractivity contribution in [1.29, 1.82) is 0 Å². The molecule has 0 aromatic heterocycles. The van der Waals surface area contributed by atoms with E-state index >= 15 is 0 Å². The Morgan fingerprint density at radius 1 is 1.41 bits per heavy atom. The third-order valence-electron chi connectivity index (χ3n) is 3.08. The number of benzene rings is 1. The molecular formula is C13H15FO3. The maximum Gasteiger partial charge on any atom is 0.335 e. The first-order chi connectivity index (χ1) is 8.09. The summed E-state index contributed by atoms with van der Waals surface area (Å²) in [5, 5.41) is 8.87. The zero-order valence-electron chi connectivity index (χ0n) is 9.49. The first-order valence-corrected chi connectivity index (χ1v) is 5.68. The van der Waals surface area contributed by atoms with Crippen molar-refractivity contribution in [3.8, 4) is 0 Å². The van der Waals surface area contributed by atoms with Crippen LogP contribution in [-0.4, -0.2) is 30.0 Å². The first-order valence-electron chi connectivity index (χ1n) is 5.68. The predicted molar refractivity (Wildman–Crippen MR) is 61.0 cm³/mol. The molecule has 1 aromatic rings. The number of hydrogen-bond acceptors (Lipinski definition) is 2. The average Bonchev–Trinajstić information content (AvgIpc) is 2.29. The van der Waals surface area contributed by atoms with E-state index in [1.165, 1.54) is 6.07 Å². The molecule has 1 N–H and O–H groups in total. The molecule has 1 aliphatic heterocycles. The van der Waals surface area contributed by atoms with Gasteiger partial charge < -0.3 is 9.84 Å². The van der Waals surface area contributed by atoms with Crippen molar-refractivity contribution < 1.29 is 19.0 Å². The van der Waals surface area contributed by atoms with Crippen LogP contribution >= 0.6 is 0 Å². The van der Waals surface area contributed by atoms with Gasteiger partial charge in [-0.3, -0.25) is 0 Å². The Morgan fingerprint density at radius 2 is 2.12 bits per heavy atom. The number of hydrogen-bond donors (Lipinski definition) is 1. The van der Waals surface area contributed by atoms with Crippen LogP contribution in [0.1, 0.15) is 28.8 Å². The lowest BCUT2D eigenvalue weighted by molar-refractivity contribution is -0.00818. The third kappa shape index (κ3) is 3.03. The van der Waals surface area contributed by atoms with E-state index in [1.807, 2.05) is 0 Å². The monoisotopic (exact) mass is 238 g/mol. The maximum atomic E-state index is 14.4. The van der Waals surface area contributed by atoms with Crippen molar-refractivity contribution in [1.82, 2.24) is 0 Å². The third-order valence-corrected chi connectivity index (χ3v) is 3.08. The van der Waals surface area contributed by atoms with Gasteiger partial charge in [0.25, 0.3) is 0 Å². The summed E-state index contributed by atoms with van der Waals surface area (Å²) < 4.78 is 19.5. The summed E-state index contributed by atoms with van der Waals surface area (Å²) in [6, 6.07) is 6.48. The van der Waals surface area contributed by atoms with Crippen LogP contribution in [0.3, 0.4) is 0 Å². The molecule has 0 saturated carbocycles. The van der Waals surface area contributed by atoms with Crippen LogP contribution in [0.4, 0.5) is 4.39 Å². The maximum absolute atomic E-state index is 14.4. The Morgan fingerprint density at radius 3 is 2.76 bits per heavy atom. The molecule has 1 aliphatic rings. The van der Waals surface area contributed by atoms with E-state index in [0.29, 0.717) is 26.1 Å². The van der Waals surface area contributed by atoms with Crippen LogP contribution in [-0.2, 0) is 11.2 Å². The molecule has 1 heterocycles. The van der Waals surface area contributed by atoms with E-state index in [-0.39, 0.29) is 12.0 Å². The van der Waals surface area contributed by atoms with Crippen LogP contribution in [0.2, 0.25) is 0 Å². The number of halogens is 1. The fourth-order valence-corrected chi connectivity index (χ4v) is 2.09. The SMILES string of the molecule is O=C(O)c1cccc(CC2(F)CCOCC2)c1. The van der Waals surface area contributed by atoms with Gasteiger partial charge in [-0.25, -0.2) is 9.18 Å². The lowest BCUT2D eigenvalue weighted by atomic mass is 9.89. The molecule has 1 aromatic carbocycles. The smallest absolute Gasteiger partial charge is 0.335 e. The Bertz CT molecular complexity index is 411. The lowest BCUT2D eigenvalue weighted by Gasteiger charge is -2.29. The van der Waals surface area contributed by atoms with Gasteiger partial charge in [-0.05, 0) is 17.7 Å². The topological polar surface area (TPSA) is 46.5 Å². The summed E-state index contributed by atoms with van der Waals surface area (Å²) in [7, 11) is 0. The van der Waals surface area contributed by atoms with E-state index in [4.69, 9.17) is 9.84 Å². The van der Waals surface area contributed by atoms with Gasteiger partial charge in [-0.15, -0.1) is 0 Å². The highest BCUT2D eigenvalue weighted by Crippen LogP contribution is 2.29. The van der Waals surface area contributed by atoms with Crippen LogP contribution in [0.25, 0.3) is 0 Å². The van der Waals surface area contributed by atoms with E-state index in [2.05, 4.69) is 0 Å². The molecule has 17 heavy (non-hydrogen) atoms. The molecule has 0 bridgehead atoms. The van der Waals surface area contributed by atoms with E-state index in [0.717, 1.165) is 5.56 Å². The van der Waals surface area contributed by atoms with Crippen LogP contribution in [0.15, 0.2) is 24.3 Å². The zero-order chi connectivity index (χ0) is 12.3. The van der Waals surface area contributed by atoms with Crippen molar-refractivity contribution in [2.24, 2.45) is 0 Å². The van der Waals surface area contributed by atoms with Crippen molar-refractivity contribution in [2.45, 2.75) is 24.9 Å². The number of carbonyl (C=O) groups is 1. The summed E-state index contributed by atoms with van der Waals surface area (Å²) in [6.07, 6.45) is 1.02. The molecule has 1 fully saturated rings. The highest BCUT2D eigenvalue weighted by Gasteiger charge is 2.32. The summed E-state index contributed by atoms with van der Waals surface area (Å²) in [6.45, 7) is 0.879. The summed E-state index contributed by atoms with van der Waals surface area (Å²) in [4.78, 5) is 10.8. The summed E-state index contributed by atoms with van der Waals surface area (Å²) in [5.74, 6) is -0.980. The average molecular weight is 238 g/mol. The molecule has 3 nitrogen and oxygen atoms in total. The Balaban J connectivity index is 2.12. The van der Waals surface area contributed by atoms with Crippen LogP contribution < -0.4 is 0 Å². The van der Waals surface area contributed by atoms with Gasteiger partial charge in [0.1, 0.15) is 5.67 Å². The van der Waals surface area contributed by atoms with E-state index in [9.17, 15) is 9.18 Å². The normalized spacial score (nSPS) is 18.9. The largest absolute Gasteiger partial charge is 0.478 e. The fourth-order valence-electron chi connectivity index (χ4n) is 2.09. The van der Waals surface area contributed by atoms with E-state index in [1.54, 1.807) is 18.2 Å². The van der Waals surface area contributed by atoms with Gasteiger partial charge >= 0.3 is 5.97 Å². The molecule has 2 rings (SSSR count). The molecule has 0 unspecified atom stereocenters. The molecule has 0 atom stereocenters. The molecular weight excluding hydrogens is 223 g/mol.